The number of benzene rings is 1. The Morgan fingerprint density at radius 1 is 1.57 bits per heavy atom. The summed E-state index contributed by atoms with van der Waals surface area (Å²) in [7, 11) is 0. The molecule has 1 heterocycles. The molecule has 4 N–H and O–H groups in total. The quantitative estimate of drug-likeness (QED) is 0.787. The maximum absolute atomic E-state index is 13.2. The van der Waals surface area contributed by atoms with Crippen LogP contribution in [-0.4, -0.2) is 24.4 Å². The highest BCUT2D eigenvalue weighted by atomic mass is 35.5. The molecule has 1 aliphatic rings. The number of anilines is 1. The second-order valence-corrected chi connectivity index (χ2v) is 5.09. The third kappa shape index (κ3) is 4.41. The summed E-state index contributed by atoms with van der Waals surface area (Å²) in [5.41, 5.74) is 6.63. The smallest absolute Gasteiger partial charge is 0.228 e. The van der Waals surface area contributed by atoms with E-state index in [-0.39, 0.29) is 36.7 Å². The number of carbonyl (C=O) groups excluding carboxylic acids is 2. The summed E-state index contributed by atoms with van der Waals surface area (Å²) in [6.07, 6.45) is 0.740. The van der Waals surface area contributed by atoms with Gasteiger partial charge < -0.3 is 16.4 Å². The van der Waals surface area contributed by atoms with Gasteiger partial charge in [-0.05, 0) is 31.0 Å². The Balaban J connectivity index is 0.00000220. The Kier molecular flexibility index (Phi) is 6.11. The molecule has 1 aromatic rings. The van der Waals surface area contributed by atoms with Crippen molar-refractivity contribution in [3.63, 3.8) is 0 Å². The fourth-order valence-corrected chi connectivity index (χ4v) is 2.22. The van der Waals surface area contributed by atoms with Gasteiger partial charge >= 0.3 is 0 Å². The number of fused-ring (bicyclic) bond motifs is 1. The van der Waals surface area contributed by atoms with E-state index in [1.54, 1.807) is 6.07 Å². The highest BCUT2D eigenvalue weighted by Crippen LogP contribution is 2.32. The molecular weight excluding hydrogens is 297 g/mol. The zero-order valence-corrected chi connectivity index (χ0v) is 12.5. The molecule has 1 aliphatic heterocycles. The Labute approximate surface area is 128 Å². The lowest BCUT2D eigenvalue weighted by Crippen LogP contribution is -2.36. The van der Waals surface area contributed by atoms with Crippen LogP contribution < -0.4 is 16.4 Å². The van der Waals surface area contributed by atoms with Gasteiger partial charge in [-0.15, -0.1) is 12.4 Å². The normalized spacial score (nSPS) is 18.0. The molecule has 5 nitrogen and oxygen atoms in total. The van der Waals surface area contributed by atoms with Gasteiger partial charge in [0.05, 0.1) is 5.92 Å². The van der Waals surface area contributed by atoms with Crippen LogP contribution in [0, 0.1) is 5.82 Å². The summed E-state index contributed by atoms with van der Waals surface area (Å²) in [4.78, 5) is 23.7. The fourth-order valence-electron chi connectivity index (χ4n) is 2.22. The number of nitrogens with two attached hydrogens (primary N) is 1. The Morgan fingerprint density at radius 2 is 2.29 bits per heavy atom. The molecular formula is C14H19ClFN3O2. The molecule has 2 rings (SSSR count). The number of nitrogens with one attached hydrogen (secondary N) is 2. The number of hydrogen-bond acceptors (Lipinski definition) is 3. The van der Waals surface area contributed by atoms with E-state index >= 15 is 0 Å². The summed E-state index contributed by atoms with van der Waals surface area (Å²) in [6.45, 7) is 2.32. The first-order valence-electron chi connectivity index (χ1n) is 6.60. The van der Waals surface area contributed by atoms with Crippen LogP contribution in [0.2, 0.25) is 0 Å². The number of carbonyl (C=O) groups is 2. The summed E-state index contributed by atoms with van der Waals surface area (Å²) in [6, 6.07) is 4.07. The lowest BCUT2D eigenvalue weighted by Gasteiger charge is -2.25. The molecule has 0 fully saturated rings. The van der Waals surface area contributed by atoms with Gasteiger partial charge in [-0.2, -0.15) is 0 Å². The molecule has 2 unspecified atom stereocenters. The van der Waals surface area contributed by atoms with Crippen molar-refractivity contribution in [2.45, 2.75) is 31.7 Å². The summed E-state index contributed by atoms with van der Waals surface area (Å²) >= 11 is 0. The third-order valence-electron chi connectivity index (χ3n) is 3.27. The third-order valence-corrected chi connectivity index (χ3v) is 3.27. The van der Waals surface area contributed by atoms with Gasteiger partial charge in [0.15, 0.2) is 0 Å². The van der Waals surface area contributed by atoms with E-state index in [9.17, 15) is 14.0 Å². The summed E-state index contributed by atoms with van der Waals surface area (Å²) in [5, 5.41) is 5.35. The maximum Gasteiger partial charge on any atom is 0.228 e. The van der Waals surface area contributed by atoms with E-state index in [0.29, 0.717) is 24.2 Å². The lowest BCUT2D eigenvalue weighted by atomic mass is 9.89. The van der Waals surface area contributed by atoms with Gasteiger partial charge in [-0.1, -0.05) is 6.07 Å². The minimum atomic E-state index is -0.576. The zero-order chi connectivity index (χ0) is 14.7. The number of halogens is 2. The number of hydrogen-bond donors (Lipinski definition) is 3. The van der Waals surface area contributed by atoms with Gasteiger partial charge in [0.25, 0.3) is 0 Å². The van der Waals surface area contributed by atoms with E-state index in [4.69, 9.17) is 5.73 Å². The van der Waals surface area contributed by atoms with Crippen molar-refractivity contribution < 1.29 is 14.0 Å². The molecule has 0 aliphatic carbocycles. The molecule has 0 radical (unpaired) electrons. The Hall–Kier alpha value is -1.66. The summed E-state index contributed by atoms with van der Waals surface area (Å²) < 4.78 is 13.2. The highest BCUT2D eigenvalue weighted by Gasteiger charge is 2.30. The largest absolute Gasteiger partial charge is 0.356 e. The van der Waals surface area contributed by atoms with Crippen LogP contribution in [0.25, 0.3) is 0 Å². The number of rotatable bonds is 4. The Morgan fingerprint density at radius 3 is 2.95 bits per heavy atom. The predicted octanol–water partition coefficient (Wildman–Crippen LogP) is 1.53. The fraction of sp³-hybridized carbons (Fsp3) is 0.429. The minimum Gasteiger partial charge on any atom is -0.356 e. The first-order valence-corrected chi connectivity index (χ1v) is 6.60. The van der Waals surface area contributed by atoms with Gasteiger partial charge in [-0.3, -0.25) is 9.59 Å². The van der Waals surface area contributed by atoms with Gasteiger partial charge in [0.1, 0.15) is 5.82 Å². The molecule has 2 atom stereocenters. The van der Waals surface area contributed by atoms with Crippen molar-refractivity contribution in [1.29, 1.82) is 0 Å². The monoisotopic (exact) mass is 315 g/mol. The van der Waals surface area contributed by atoms with Crippen molar-refractivity contribution >= 4 is 29.9 Å². The molecule has 0 saturated carbocycles. The van der Waals surface area contributed by atoms with Crippen molar-refractivity contribution in [3.8, 4) is 0 Å². The highest BCUT2D eigenvalue weighted by molar-refractivity contribution is 6.01. The topological polar surface area (TPSA) is 84.2 Å². The number of amides is 2. The van der Waals surface area contributed by atoms with Gasteiger partial charge in [-0.25, -0.2) is 4.39 Å². The first kappa shape index (κ1) is 17.4. The predicted molar refractivity (Wildman–Crippen MR) is 80.9 cm³/mol. The maximum atomic E-state index is 13.2. The van der Waals surface area contributed by atoms with E-state index in [2.05, 4.69) is 10.6 Å². The average Bonchev–Trinajstić information content (AvgIpc) is 2.36. The van der Waals surface area contributed by atoms with Crippen LogP contribution in [0.15, 0.2) is 18.2 Å². The molecule has 0 aromatic heterocycles. The molecule has 21 heavy (non-hydrogen) atoms. The first-order chi connectivity index (χ1) is 9.47. The van der Waals surface area contributed by atoms with Crippen molar-refractivity contribution in [3.05, 3.63) is 29.6 Å². The van der Waals surface area contributed by atoms with Crippen LogP contribution in [0.4, 0.5) is 10.1 Å². The molecule has 0 saturated heterocycles. The minimum absolute atomic E-state index is 0. The summed E-state index contributed by atoms with van der Waals surface area (Å²) in [5.74, 6) is -1.53. The Bertz CT molecular complexity index is 537. The van der Waals surface area contributed by atoms with Crippen LogP contribution in [0.1, 0.15) is 31.2 Å². The van der Waals surface area contributed by atoms with Gasteiger partial charge in [0, 0.05) is 24.7 Å². The van der Waals surface area contributed by atoms with Crippen molar-refractivity contribution in [2.75, 3.05) is 11.9 Å². The molecule has 1 aromatic carbocycles. The van der Waals surface area contributed by atoms with E-state index in [0.717, 1.165) is 0 Å². The molecule has 7 heteroatoms. The van der Waals surface area contributed by atoms with E-state index in [1.807, 2.05) is 6.92 Å². The zero-order valence-electron chi connectivity index (χ0n) is 11.7. The second kappa shape index (κ2) is 7.38. The second-order valence-electron chi connectivity index (χ2n) is 5.09. The molecule has 116 valence electrons. The van der Waals surface area contributed by atoms with E-state index < -0.39 is 11.7 Å². The van der Waals surface area contributed by atoms with Crippen LogP contribution >= 0.6 is 12.4 Å². The SMILES string of the molecule is CC(N)CCNC(=O)C1CC(=O)Nc2cc(F)ccc21.Cl. The molecule has 0 spiro atoms. The van der Waals surface area contributed by atoms with Gasteiger partial charge in [0.2, 0.25) is 11.8 Å². The van der Waals surface area contributed by atoms with E-state index in [1.165, 1.54) is 12.1 Å². The molecule has 0 bridgehead atoms. The van der Waals surface area contributed by atoms with Crippen LogP contribution in [-0.2, 0) is 9.59 Å². The lowest BCUT2D eigenvalue weighted by molar-refractivity contribution is -0.126. The average molecular weight is 316 g/mol. The van der Waals surface area contributed by atoms with Crippen LogP contribution in [0.3, 0.4) is 0 Å². The molecule has 2 amide bonds. The standard InChI is InChI=1S/C14H18FN3O2.ClH/c1-8(16)4-5-17-14(20)11-7-13(19)18-12-6-9(15)2-3-10(11)12;/h2-3,6,8,11H,4-5,7,16H2,1H3,(H,17,20)(H,18,19);1H. The van der Waals surface area contributed by atoms with Crippen molar-refractivity contribution in [2.24, 2.45) is 5.73 Å². The van der Waals surface area contributed by atoms with Crippen LogP contribution in [0.5, 0.6) is 0 Å². The van der Waals surface area contributed by atoms with Crippen molar-refractivity contribution in [1.82, 2.24) is 5.32 Å².